The van der Waals surface area contributed by atoms with Crippen LogP contribution in [0.5, 0.6) is 0 Å². The Morgan fingerprint density at radius 3 is 2.96 bits per heavy atom. The Balaban J connectivity index is 2.06. The number of aromatic nitrogens is 2. The molecule has 1 aromatic carbocycles. The van der Waals surface area contributed by atoms with Crippen LogP contribution in [0.25, 0.3) is 11.0 Å². The number of aliphatic hydroxyl groups excluding tert-OH is 1. The Morgan fingerprint density at radius 2 is 2.30 bits per heavy atom. The molecule has 3 rings (SSSR count). The first-order chi connectivity index (χ1) is 13.0. The molecule has 146 valence electrons. The molecule has 1 N–H and O–H groups in total. The molecule has 2 heterocycles. The summed E-state index contributed by atoms with van der Waals surface area (Å²) in [5, 5.41) is 11.7. The second kappa shape index (κ2) is 8.71. The number of ether oxygens (including phenoxy) is 1. The molecule has 1 aromatic heterocycles. The highest BCUT2D eigenvalue weighted by Crippen LogP contribution is 2.45. The average Bonchev–Trinajstić information content (AvgIpc) is 3.13. The van der Waals surface area contributed by atoms with Crippen molar-refractivity contribution in [3.05, 3.63) is 53.0 Å². The van der Waals surface area contributed by atoms with Crippen molar-refractivity contribution in [1.29, 1.82) is 0 Å². The lowest BCUT2D eigenvalue weighted by Gasteiger charge is -2.27. The maximum Gasteiger partial charge on any atom is 0.387 e. The maximum atomic E-state index is 13.0. The average molecular weight is 462 g/mol. The predicted molar refractivity (Wildman–Crippen MR) is 105 cm³/mol. The Bertz CT molecular complexity index is 869. The van der Waals surface area contributed by atoms with Crippen LogP contribution >= 0.6 is 27.5 Å². The molecular formula is C19H20BrClF2N2O2. The third kappa shape index (κ3) is 4.20. The number of imidazole rings is 1. The molecule has 0 aliphatic carbocycles. The predicted octanol–water partition coefficient (Wildman–Crippen LogP) is 5.77. The van der Waals surface area contributed by atoms with E-state index in [4.69, 9.17) is 16.3 Å². The topological polar surface area (TPSA) is 47.3 Å². The van der Waals surface area contributed by atoms with Gasteiger partial charge in [0.2, 0.25) is 0 Å². The van der Waals surface area contributed by atoms with Gasteiger partial charge in [0.1, 0.15) is 17.7 Å². The second-order valence-corrected chi connectivity index (χ2v) is 7.42. The number of hydrogen-bond acceptors (Lipinski definition) is 3. The van der Waals surface area contributed by atoms with Crippen molar-refractivity contribution in [2.45, 2.75) is 38.5 Å². The molecule has 3 atom stereocenters. The van der Waals surface area contributed by atoms with Crippen molar-refractivity contribution in [1.82, 2.24) is 9.55 Å². The molecule has 0 bridgehead atoms. The molecule has 1 aliphatic rings. The SMILES string of the molecule is CCC(/C(=C\C=C/CBr)OC(F)F)[C@H]1C[C@H](O)c2nc3ccc(Cl)cc3n21. The van der Waals surface area contributed by atoms with Gasteiger partial charge in [-0.15, -0.1) is 0 Å². The minimum absolute atomic E-state index is 0.193. The lowest BCUT2D eigenvalue weighted by atomic mass is 9.91. The molecule has 2 aromatic rings. The van der Waals surface area contributed by atoms with Crippen LogP contribution < -0.4 is 0 Å². The van der Waals surface area contributed by atoms with E-state index in [0.29, 0.717) is 34.5 Å². The van der Waals surface area contributed by atoms with Crippen molar-refractivity contribution >= 4 is 38.6 Å². The molecular weight excluding hydrogens is 442 g/mol. The van der Waals surface area contributed by atoms with Gasteiger partial charge in [-0.3, -0.25) is 0 Å². The van der Waals surface area contributed by atoms with Crippen LogP contribution in [0.15, 0.2) is 42.2 Å². The molecule has 0 saturated heterocycles. The Labute approximate surface area is 169 Å². The molecule has 0 spiro atoms. The van der Waals surface area contributed by atoms with Crippen molar-refractivity contribution in [3.63, 3.8) is 0 Å². The van der Waals surface area contributed by atoms with Gasteiger partial charge in [0.15, 0.2) is 0 Å². The normalized spacial score (nSPS) is 21.4. The molecule has 4 nitrogen and oxygen atoms in total. The van der Waals surface area contributed by atoms with E-state index in [2.05, 4.69) is 20.9 Å². The minimum Gasteiger partial charge on any atom is -0.439 e. The van der Waals surface area contributed by atoms with Gasteiger partial charge in [0.05, 0.1) is 11.0 Å². The number of hydrogen-bond donors (Lipinski definition) is 1. The Morgan fingerprint density at radius 1 is 1.52 bits per heavy atom. The van der Waals surface area contributed by atoms with Crippen LogP contribution in [0, 0.1) is 5.92 Å². The maximum absolute atomic E-state index is 13.0. The standard InChI is InChI=1S/C19H20BrClF2N2O2/c1-2-12(17(27-19(22)23)5-3-4-8-20)14-10-16(26)18-24-13-7-6-11(21)9-15(13)25(14)18/h3-7,9,12,14,16,19,26H,2,8,10H2,1H3/b4-3-,17-5+/t12?,14-,16+/m1/s1. The number of benzene rings is 1. The highest BCUT2D eigenvalue weighted by molar-refractivity contribution is 9.09. The summed E-state index contributed by atoms with van der Waals surface area (Å²) in [5.74, 6) is 0.382. The number of allylic oxidation sites excluding steroid dienone is 4. The van der Waals surface area contributed by atoms with E-state index < -0.39 is 12.7 Å². The molecule has 0 saturated carbocycles. The molecule has 1 unspecified atom stereocenters. The summed E-state index contributed by atoms with van der Waals surface area (Å²) in [6.45, 7) is -1.000. The van der Waals surface area contributed by atoms with Gasteiger partial charge >= 0.3 is 6.61 Å². The van der Waals surface area contributed by atoms with Crippen molar-refractivity contribution < 1.29 is 18.6 Å². The van der Waals surface area contributed by atoms with Gasteiger partial charge in [-0.25, -0.2) is 4.98 Å². The molecule has 1 aliphatic heterocycles. The summed E-state index contributed by atoms with van der Waals surface area (Å²) in [4.78, 5) is 4.50. The third-order valence-corrected chi connectivity index (χ3v) is 5.36. The van der Waals surface area contributed by atoms with E-state index in [1.165, 1.54) is 0 Å². The van der Waals surface area contributed by atoms with Crippen LogP contribution in [-0.4, -0.2) is 26.6 Å². The first kappa shape index (κ1) is 20.3. The minimum atomic E-state index is -2.91. The zero-order valence-electron chi connectivity index (χ0n) is 14.7. The van der Waals surface area contributed by atoms with Gasteiger partial charge in [-0.1, -0.05) is 46.6 Å². The quantitative estimate of drug-likeness (QED) is 0.323. The van der Waals surface area contributed by atoms with Crippen LogP contribution in [-0.2, 0) is 4.74 Å². The van der Waals surface area contributed by atoms with Crippen LogP contribution in [0.2, 0.25) is 5.02 Å². The number of alkyl halides is 3. The fourth-order valence-electron chi connectivity index (χ4n) is 3.68. The first-order valence-electron chi connectivity index (χ1n) is 8.69. The van der Waals surface area contributed by atoms with E-state index in [-0.39, 0.29) is 17.7 Å². The Kier molecular flexibility index (Phi) is 6.55. The van der Waals surface area contributed by atoms with E-state index in [0.717, 1.165) is 5.52 Å². The summed E-state index contributed by atoms with van der Waals surface area (Å²) in [6, 6.07) is 5.05. The highest BCUT2D eigenvalue weighted by Gasteiger charge is 2.39. The van der Waals surface area contributed by atoms with Crippen molar-refractivity contribution in [2.75, 3.05) is 5.33 Å². The van der Waals surface area contributed by atoms with Crippen LogP contribution in [0.1, 0.15) is 37.7 Å². The number of halogens is 4. The summed E-state index contributed by atoms with van der Waals surface area (Å²) in [5.41, 5.74) is 1.50. The van der Waals surface area contributed by atoms with Crippen molar-refractivity contribution in [3.8, 4) is 0 Å². The van der Waals surface area contributed by atoms with Crippen LogP contribution in [0.4, 0.5) is 8.78 Å². The van der Waals surface area contributed by atoms with E-state index in [9.17, 15) is 13.9 Å². The van der Waals surface area contributed by atoms with Gasteiger partial charge in [0, 0.05) is 28.7 Å². The molecule has 27 heavy (non-hydrogen) atoms. The van der Waals surface area contributed by atoms with E-state index in [1.807, 2.05) is 11.5 Å². The monoisotopic (exact) mass is 460 g/mol. The van der Waals surface area contributed by atoms with Crippen LogP contribution in [0.3, 0.4) is 0 Å². The number of aliphatic hydroxyl groups is 1. The molecule has 0 radical (unpaired) electrons. The second-order valence-electron chi connectivity index (χ2n) is 6.34. The highest BCUT2D eigenvalue weighted by atomic mass is 79.9. The molecule has 0 fully saturated rings. The zero-order valence-corrected chi connectivity index (χ0v) is 17.0. The van der Waals surface area contributed by atoms with Gasteiger partial charge < -0.3 is 14.4 Å². The summed E-state index contributed by atoms with van der Waals surface area (Å²) >= 11 is 9.40. The lowest BCUT2D eigenvalue weighted by molar-refractivity contribution is -0.107. The van der Waals surface area contributed by atoms with E-state index in [1.54, 1.807) is 36.4 Å². The fourth-order valence-corrected chi connectivity index (χ4v) is 4.06. The van der Waals surface area contributed by atoms with Gasteiger partial charge in [-0.2, -0.15) is 8.78 Å². The molecule has 0 amide bonds. The summed E-state index contributed by atoms with van der Waals surface area (Å²) < 4.78 is 32.8. The van der Waals surface area contributed by atoms with Crippen molar-refractivity contribution in [2.24, 2.45) is 5.92 Å². The third-order valence-electron chi connectivity index (χ3n) is 4.75. The first-order valence-corrected chi connectivity index (χ1v) is 10.2. The van der Waals surface area contributed by atoms with Gasteiger partial charge in [-0.05, 0) is 30.7 Å². The summed E-state index contributed by atoms with van der Waals surface area (Å²) in [7, 11) is 0. The Hall–Kier alpha value is -1.44. The number of rotatable bonds is 7. The molecule has 8 heteroatoms. The lowest BCUT2D eigenvalue weighted by Crippen LogP contribution is -2.20. The van der Waals surface area contributed by atoms with Gasteiger partial charge in [0.25, 0.3) is 0 Å². The summed E-state index contributed by atoms with van der Waals surface area (Å²) in [6.07, 6.45) is 5.24. The fraction of sp³-hybridized carbons (Fsp3) is 0.421. The number of nitrogens with zero attached hydrogens (tertiary/aromatic N) is 2. The zero-order chi connectivity index (χ0) is 19.6. The smallest absolute Gasteiger partial charge is 0.387 e. The van der Waals surface area contributed by atoms with E-state index >= 15 is 0 Å². The number of fused-ring (bicyclic) bond motifs is 3. The largest absolute Gasteiger partial charge is 0.439 e.